The normalized spacial score (nSPS) is 12.6. The molecule has 0 atom stereocenters. The van der Waals surface area contributed by atoms with Crippen LogP contribution in [-0.4, -0.2) is 29.9 Å². The first-order chi connectivity index (χ1) is 20.4. The van der Waals surface area contributed by atoms with Gasteiger partial charge in [0.25, 0.3) is 11.8 Å². The van der Waals surface area contributed by atoms with Gasteiger partial charge in [0, 0.05) is 11.1 Å². The van der Waals surface area contributed by atoms with Gasteiger partial charge in [-0.25, -0.2) is 5.43 Å². The Morgan fingerprint density at radius 2 is 1.57 bits per heavy atom. The molecule has 0 saturated carbocycles. The highest BCUT2D eigenvalue weighted by atomic mass is 16.7. The number of fused-ring (bicyclic) bond motifs is 1. The van der Waals surface area contributed by atoms with E-state index in [0.717, 1.165) is 11.1 Å². The highest BCUT2D eigenvalue weighted by molar-refractivity contribution is 6.05. The van der Waals surface area contributed by atoms with Crippen LogP contribution in [-0.2, 0) is 4.79 Å². The monoisotopic (exact) mass is 561 g/mol. The molecule has 0 radical (unpaired) electrons. The molecule has 5 rings (SSSR count). The van der Waals surface area contributed by atoms with Crippen molar-refractivity contribution in [2.45, 2.75) is 13.8 Å². The summed E-state index contributed by atoms with van der Waals surface area (Å²) in [7, 11) is 0. The molecule has 42 heavy (non-hydrogen) atoms. The second-order valence-corrected chi connectivity index (χ2v) is 9.40. The van der Waals surface area contributed by atoms with Crippen LogP contribution in [0.1, 0.15) is 32.6 Å². The Labute approximate surface area is 242 Å². The Morgan fingerprint density at radius 1 is 0.833 bits per heavy atom. The van der Waals surface area contributed by atoms with E-state index in [4.69, 9.17) is 9.47 Å². The lowest BCUT2D eigenvalue weighted by Gasteiger charge is -2.09. The van der Waals surface area contributed by atoms with Gasteiger partial charge in [0.1, 0.15) is 11.4 Å². The van der Waals surface area contributed by atoms with Crippen molar-refractivity contribution in [1.82, 2.24) is 10.7 Å². The number of azo groups is 1. The van der Waals surface area contributed by atoms with Crippen LogP contribution < -0.4 is 20.2 Å². The zero-order valence-corrected chi connectivity index (χ0v) is 22.9. The van der Waals surface area contributed by atoms with Crippen molar-refractivity contribution >= 4 is 35.5 Å². The number of amides is 2. The fourth-order valence-electron chi connectivity index (χ4n) is 3.94. The molecular weight excluding hydrogens is 534 g/mol. The van der Waals surface area contributed by atoms with Crippen molar-refractivity contribution < 1.29 is 24.2 Å². The minimum atomic E-state index is -0.682. The summed E-state index contributed by atoms with van der Waals surface area (Å²) in [4.78, 5) is 26.0. The second-order valence-electron chi connectivity index (χ2n) is 9.40. The molecule has 0 spiro atoms. The summed E-state index contributed by atoms with van der Waals surface area (Å²) >= 11 is 0. The highest BCUT2D eigenvalue weighted by Gasteiger charge is 2.17. The molecule has 0 aliphatic carbocycles. The summed E-state index contributed by atoms with van der Waals surface area (Å²) in [6.07, 6.45) is 2.78. The van der Waals surface area contributed by atoms with Crippen LogP contribution >= 0.6 is 0 Å². The maximum atomic E-state index is 13.1. The molecule has 4 aromatic carbocycles. The van der Waals surface area contributed by atoms with E-state index in [0.29, 0.717) is 39.6 Å². The molecule has 3 N–H and O–H groups in total. The summed E-state index contributed by atoms with van der Waals surface area (Å²) in [5.74, 6) is -0.0985. The number of hydrogen-bond donors (Lipinski definition) is 3. The first kappa shape index (κ1) is 27.8. The van der Waals surface area contributed by atoms with Crippen LogP contribution in [0.15, 0.2) is 106 Å². The molecule has 0 saturated heterocycles. The zero-order valence-electron chi connectivity index (χ0n) is 22.9. The van der Waals surface area contributed by atoms with Gasteiger partial charge in [-0.05, 0) is 91.2 Å². The number of hydrogen-bond acceptors (Lipinski definition) is 8. The molecule has 210 valence electrons. The number of hydrazone groups is 1. The lowest BCUT2D eigenvalue weighted by atomic mass is 10.1. The third-order valence-corrected chi connectivity index (χ3v) is 6.39. The number of nitrogens with one attached hydrogen (secondary N) is 2. The molecule has 2 amide bonds. The minimum Gasteiger partial charge on any atom is -0.507 e. The highest BCUT2D eigenvalue weighted by Crippen LogP contribution is 2.33. The number of aryl methyl sites for hydroxylation is 2. The molecule has 4 aromatic rings. The van der Waals surface area contributed by atoms with Gasteiger partial charge < -0.3 is 19.9 Å². The molecule has 10 heteroatoms. The van der Waals surface area contributed by atoms with Crippen molar-refractivity contribution in [2.75, 3.05) is 6.79 Å². The van der Waals surface area contributed by atoms with Gasteiger partial charge in [-0.15, -0.1) is 0 Å². The molecule has 1 aliphatic heterocycles. The van der Waals surface area contributed by atoms with Crippen molar-refractivity contribution in [2.24, 2.45) is 15.3 Å². The van der Waals surface area contributed by atoms with Crippen LogP contribution in [0.2, 0.25) is 0 Å². The van der Waals surface area contributed by atoms with Gasteiger partial charge in [-0.1, -0.05) is 30.3 Å². The van der Waals surface area contributed by atoms with Gasteiger partial charge in [0.15, 0.2) is 11.5 Å². The van der Waals surface area contributed by atoms with E-state index in [2.05, 4.69) is 26.1 Å². The van der Waals surface area contributed by atoms with Crippen LogP contribution in [0.4, 0.5) is 11.4 Å². The van der Waals surface area contributed by atoms with Crippen LogP contribution in [0.5, 0.6) is 17.2 Å². The van der Waals surface area contributed by atoms with Crippen molar-refractivity contribution in [3.8, 4) is 17.2 Å². The minimum absolute atomic E-state index is 0.0555. The smallest absolute Gasteiger partial charge is 0.287 e. The number of rotatable bonds is 8. The van der Waals surface area contributed by atoms with Gasteiger partial charge in [-0.2, -0.15) is 15.3 Å². The first-order valence-corrected chi connectivity index (χ1v) is 13.0. The molecule has 1 heterocycles. The standard InChI is InChI=1S/C32H27N5O5/c1-20-8-10-25(14-21(20)2)35-36-26-11-12-28(38)24(17-26)18-33-37-32(40)27(34-31(39)23-6-4-3-5-7-23)15-22-9-13-29-30(16-22)42-19-41-29/h3-18,38H,19H2,1-2H3,(H,34,39)(H,37,40). The Bertz CT molecular complexity index is 1730. The van der Waals surface area contributed by atoms with E-state index < -0.39 is 11.8 Å². The van der Waals surface area contributed by atoms with Crippen molar-refractivity contribution in [3.63, 3.8) is 0 Å². The topological polar surface area (TPSA) is 134 Å². The number of ether oxygens (including phenoxy) is 2. The predicted molar refractivity (Wildman–Crippen MR) is 158 cm³/mol. The fourth-order valence-corrected chi connectivity index (χ4v) is 3.94. The Kier molecular flexibility index (Phi) is 8.34. The third-order valence-electron chi connectivity index (χ3n) is 6.39. The molecule has 10 nitrogen and oxygen atoms in total. The number of nitrogens with zero attached hydrogens (tertiary/aromatic N) is 3. The van der Waals surface area contributed by atoms with Gasteiger partial charge >= 0.3 is 0 Å². The van der Waals surface area contributed by atoms with Crippen LogP contribution in [0, 0.1) is 13.8 Å². The maximum absolute atomic E-state index is 13.1. The molecule has 0 unspecified atom stereocenters. The van der Waals surface area contributed by atoms with Gasteiger partial charge in [-0.3, -0.25) is 9.59 Å². The summed E-state index contributed by atoms with van der Waals surface area (Å²) in [5, 5.41) is 25.4. The summed E-state index contributed by atoms with van der Waals surface area (Å²) in [6.45, 7) is 4.13. The predicted octanol–water partition coefficient (Wildman–Crippen LogP) is 6.07. The molecule has 0 aromatic heterocycles. The van der Waals surface area contributed by atoms with E-state index in [1.54, 1.807) is 60.7 Å². The number of phenolic OH excluding ortho intramolecular Hbond substituents is 1. The zero-order chi connectivity index (χ0) is 29.5. The van der Waals surface area contributed by atoms with Gasteiger partial charge in [0.05, 0.1) is 17.6 Å². The summed E-state index contributed by atoms with van der Waals surface area (Å²) in [6, 6.07) is 24.1. The van der Waals surface area contributed by atoms with Crippen molar-refractivity contribution in [1.29, 1.82) is 0 Å². The number of carbonyl (C=O) groups is 2. The van der Waals surface area contributed by atoms with E-state index >= 15 is 0 Å². The van der Waals surface area contributed by atoms with E-state index in [1.165, 1.54) is 18.4 Å². The third kappa shape index (κ3) is 6.86. The quantitative estimate of drug-likeness (QED) is 0.104. The van der Waals surface area contributed by atoms with Gasteiger partial charge in [0.2, 0.25) is 6.79 Å². The molecular formula is C32H27N5O5. The second kappa shape index (κ2) is 12.6. The lowest BCUT2D eigenvalue weighted by molar-refractivity contribution is -0.117. The van der Waals surface area contributed by atoms with Crippen LogP contribution in [0.3, 0.4) is 0 Å². The Morgan fingerprint density at radius 3 is 2.36 bits per heavy atom. The summed E-state index contributed by atoms with van der Waals surface area (Å²) < 4.78 is 10.8. The first-order valence-electron chi connectivity index (χ1n) is 13.0. The molecule has 1 aliphatic rings. The SMILES string of the molecule is Cc1ccc(N=Nc2ccc(O)c(C=NNC(=O)C(=Cc3ccc4c(c3)OCO4)NC(=O)c3ccccc3)c2)cc1C. The average Bonchev–Trinajstić information content (AvgIpc) is 3.47. The number of aromatic hydroxyl groups is 1. The number of phenols is 1. The number of carbonyl (C=O) groups excluding carboxylic acids is 2. The molecule has 0 bridgehead atoms. The average molecular weight is 562 g/mol. The van der Waals surface area contributed by atoms with E-state index in [-0.39, 0.29) is 18.2 Å². The fraction of sp³-hybridized carbons (Fsp3) is 0.0938. The summed E-state index contributed by atoms with van der Waals surface area (Å²) in [5.41, 5.74) is 7.08. The Hall–Kier alpha value is -5.77. The van der Waals surface area contributed by atoms with Crippen LogP contribution in [0.25, 0.3) is 6.08 Å². The number of benzene rings is 4. The lowest BCUT2D eigenvalue weighted by Crippen LogP contribution is -2.32. The Balaban J connectivity index is 1.33. The van der Waals surface area contributed by atoms with Crippen molar-refractivity contribution in [3.05, 3.63) is 118 Å². The maximum Gasteiger partial charge on any atom is 0.287 e. The van der Waals surface area contributed by atoms with E-state index in [1.807, 2.05) is 32.0 Å². The molecule has 0 fully saturated rings. The van der Waals surface area contributed by atoms with E-state index in [9.17, 15) is 14.7 Å². The largest absolute Gasteiger partial charge is 0.507 e.